The summed E-state index contributed by atoms with van der Waals surface area (Å²) in [5.74, 6) is 0.659. The number of fused-ring (bicyclic) bond motifs is 1. The largest absolute Gasteiger partial charge is 0.342 e. The quantitative estimate of drug-likeness (QED) is 0.741. The highest BCUT2D eigenvalue weighted by Crippen LogP contribution is 2.44. The fraction of sp³-hybridized carbons (Fsp3) is 0.632. The molecule has 0 aromatic heterocycles. The Bertz CT molecular complexity index is 805. The Kier molecular flexibility index (Phi) is 5.85. The van der Waals surface area contributed by atoms with Crippen LogP contribution in [0.25, 0.3) is 0 Å². The van der Waals surface area contributed by atoms with Gasteiger partial charge in [-0.05, 0) is 43.5 Å². The molecule has 1 amide bonds. The predicted molar refractivity (Wildman–Crippen MR) is 104 cm³/mol. The molecule has 27 heavy (non-hydrogen) atoms. The van der Waals surface area contributed by atoms with Crippen LogP contribution in [0.5, 0.6) is 0 Å². The predicted octanol–water partition coefficient (Wildman–Crippen LogP) is 2.13. The SMILES string of the molecule is CN1C[C@H]2CN(C(=O)C3CCS(=O)(=O)CC3)C[C@H]2[C@@H]1c1cccc(F)c1.Cl. The lowest BCUT2D eigenvalue weighted by Gasteiger charge is -2.29. The van der Waals surface area contributed by atoms with Crippen molar-refractivity contribution < 1.29 is 17.6 Å². The Balaban J connectivity index is 0.00000210. The first-order valence-electron chi connectivity index (χ1n) is 9.29. The molecule has 1 aromatic carbocycles. The Morgan fingerprint density at radius 3 is 2.52 bits per heavy atom. The van der Waals surface area contributed by atoms with Gasteiger partial charge in [0.1, 0.15) is 15.7 Å². The molecule has 8 heteroatoms. The van der Waals surface area contributed by atoms with Gasteiger partial charge in [0.25, 0.3) is 0 Å². The number of carbonyl (C=O) groups excluding carboxylic acids is 1. The summed E-state index contributed by atoms with van der Waals surface area (Å²) in [5, 5.41) is 0. The zero-order valence-electron chi connectivity index (χ0n) is 15.4. The van der Waals surface area contributed by atoms with E-state index in [2.05, 4.69) is 11.9 Å². The summed E-state index contributed by atoms with van der Waals surface area (Å²) in [4.78, 5) is 17.1. The number of amides is 1. The number of nitrogens with zero attached hydrogens (tertiary/aromatic N) is 2. The first-order valence-corrected chi connectivity index (χ1v) is 11.1. The molecule has 0 N–H and O–H groups in total. The molecule has 0 spiro atoms. The van der Waals surface area contributed by atoms with Crippen molar-refractivity contribution in [3.8, 4) is 0 Å². The van der Waals surface area contributed by atoms with E-state index in [-0.39, 0.29) is 47.6 Å². The molecule has 1 aromatic rings. The maximum absolute atomic E-state index is 13.7. The number of carbonyl (C=O) groups is 1. The zero-order chi connectivity index (χ0) is 18.5. The van der Waals surface area contributed by atoms with Gasteiger partial charge in [0.2, 0.25) is 5.91 Å². The molecule has 3 saturated heterocycles. The second-order valence-corrected chi connectivity index (χ2v) is 10.3. The fourth-order valence-electron chi connectivity index (χ4n) is 5.03. The standard InChI is InChI=1S/C19H25FN2O3S.ClH/c1-21-10-15-11-22(19(23)13-5-7-26(24,25)8-6-13)12-17(15)18(21)14-3-2-4-16(20)9-14;/h2-4,9,13,15,17-18H,5-8,10-12H2,1H3;1H/t15-,17+,18-;/m0./s1. The number of benzene rings is 1. The van der Waals surface area contributed by atoms with Gasteiger partial charge in [-0.1, -0.05) is 12.1 Å². The van der Waals surface area contributed by atoms with Crippen molar-refractivity contribution in [3.05, 3.63) is 35.6 Å². The van der Waals surface area contributed by atoms with E-state index in [9.17, 15) is 17.6 Å². The Hall–Kier alpha value is -1.18. The normalized spacial score (nSPS) is 30.7. The van der Waals surface area contributed by atoms with Gasteiger partial charge in [0.15, 0.2) is 0 Å². The number of halogens is 2. The highest BCUT2D eigenvalue weighted by Gasteiger charge is 2.48. The lowest BCUT2D eigenvalue weighted by molar-refractivity contribution is -0.135. The van der Waals surface area contributed by atoms with E-state index in [0.717, 1.165) is 18.7 Å². The van der Waals surface area contributed by atoms with E-state index in [1.165, 1.54) is 6.07 Å². The molecule has 0 unspecified atom stereocenters. The lowest BCUT2D eigenvalue weighted by atomic mass is 9.89. The fourth-order valence-corrected chi connectivity index (χ4v) is 6.52. The van der Waals surface area contributed by atoms with Gasteiger partial charge in [-0.15, -0.1) is 12.4 Å². The van der Waals surface area contributed by atoms with Gasteiger partial charge in [-0.25, -0.2) is 12.8 Å². The molecule has 150 valence electrons. The number of hydrogen-bond donors (Lipinski definition) is 0. The maximum Gasteiger partial charge on any atom is 0.225 e. The van der Waals surface area contributed by atoms with Gasteiger partial charge in [0.05, 0.1) is 11.5 Å². The monoisotopic (exact) mass is 416 g/mol. The van der Waals surface area contributed by atoms with Crippen LogP contribution < -0.4 is 0 Å². The number of likely N-dealkylation sites (tertiary alicyclic amines) is 2. The second-order valence-electron chi connectivity index (χ2n) is 8.03. The summed E-state index contributed by atoms with van der Waals surface area (Å²) in [6.45, 7) is 2.30. The lowest BCUT2D eigenvalue weighted by Crippen LogP contribution is -2.40. The molecule has 0 bridgehead atoms. The Morgan fingerprint density at radius 1 is 1.15 bits per heavy atom. The van der Waals surface area contributed by atoms with Crippen LogP contribution in [0, 0.1) is 23.6 Å². The molecule has 0 saturated carbocycles. The molecule has 0 aliphatic carbocycles. The van der Waals surface area contributed by atoms with E-state index >= 15 is 0 Å². The highest BCUT2D eigenvalue weighted by atomic mass is 35.5. The van der Waals surface area contributed by atoms with E-state index < -0.39 is 9.84 Å². The molecule has 3 aliphatic rings. The van der Waals surface area contributed by atoms with E-state index in [1.54, 1.807) is 12.1 Å². The summed E-state index contributed by atoms with van der Waals surface area (Å²) < 4.78 is 36.9. The van der Waals surface area contributed by atoms with Crippen molar-refractivity contribution in [2.45, 2.75) is 18.9 Å². The topological polar surface area (TPSA) is 57.7 Å². The molecular formula is C19H26ClFN2O3S. The molecular weight excluding hydrogens is 391 g/mol. The average Bonchev–Trinajstić information content (AvgIpc) is 3.10. The molecule has 3 aliphatic heterocycles. The van der Waals surface area contributed by atoms with Crippen molar-refractivity contribution in [1.82, 2.24) is 9.80 Å². The van der Waals surface area contributed by atoms with Crippen LogP contribution >= 0.6 is 12.4 Å². The molecule has 3 fully saturated rings. The minimum absolute atomic E-state index is 0. The van der Waals surface area contributed by atoms with Crippen LogP contribution in [0.1, 0.15) is 24.4 Å². The third kappa shape index (κ3) is 4.00. The van der Waals surface area contributed by atoms with Crippen molar-refractivity contribution in [1.29, 1.82) is 0 Å². The van der Waals surface area contributed by atoms with Gasteiger partial charge in [-0.2, -0.15) is 0 Å². The maximum atomic E-state index is 13.7. The van der Waals surface area contributed by atoms with Crippen LogP contribution in [-0.2, 0) is 14.6 Å². The van der Waals surface area contributed by atoms with Gasteiger partial charge >= 0.3 is 0 Å². The van der Waals surface area contributed by atoms with Crippen LogP contribution in [0.2, 0.25) is 0 Å². The first kappa shape index (κ1) is 20.6. The minimum atomic E-state index is -2.96. The number of rotatable bonds is 2. The van der Waals surface area contributed by atoms with Gasteiger partial charge in [-0.3, -0.25) is 9.69 Å². The van der Waals surface area contributed by atoms with Crippen molar-refractivity contribution in [3.63, 3.8) is 0 Å². The van der Waals surface area contributed by atoms with Gasteiger partial charge in [0, 0.05) is 37.5 Å². The van der Waals surface area contributed by atoms with Crippen LogP contribution in [0.4, 0.5) is 4.39 Å². The zero-order valence-corrected chi connectivity index (χ0v) is 17.0. The molecule has 0 radical (unpaired) electrons. The minimum Gasteiger partial charge on any atom is -0.342 e. The molecule has 4 rings (SSSR count). The smallest absolute Gasteiger partial charge is 0.225 e. The summed E-state index contributed by atoms with van der Waals surface area (Å²) in [5.41, 5.74) is 0.970. The van der Waals surface area contributed by atoms with Crippen molar-refractivity contribution in [2.75, 3.05) is 38.2 Å². The first-order chi connectivity index (χ1) is 12.3. The van der Waals surface area contributed by atoms with Crippen molar-refractivity contribution in [2.24, 2.45) is 17.8 Å². The summed E-state index contributed by atoms with van der Waals surface area (Å²) in [6.07, 6.45) is 0.889. The molecule has 3 atom stereocenters. The van der Waals surface area contributed by atoms with Crippen LogP contribution in [-0.4, -0.2) is 62.3 Å². The van der Waals surface area contributed by atoms with Crippen LogP contribution in [0.3, 0.4) is 0 Å². The van der Waals surface area contributed by atoms with Gasteiger partial charge < -0.3 is 4.90 Å². The second kappa shape index (κ2) is 7.68. The third-order valence-corrected chi connectivity index (χ3v) is 8.02. The molecule has 5 nitrogen and oxygen atoms in total. The van der Waals surface area contributed by atoms with E-state index in [1.807, 2.05) is 11.0 Å². The van der Waals surface area contributed by atoms with E-state index in [4.69, 9.17) is 0 Å². The number of hydrogen-bond acceptors (Lipinski definition) is 4. The number of sulfone groups is 1. The summed E-state index contributed by atoms with van der Waals surface area (Å²) in [7, 11) is -0.895. The molecule has 3 heterocycles. The summed E-state index contributed by atoms with van der Waals surface area (Å²) >= 11 is 0. The van der Waals surface area contributed by atoms with Crippen LogP contribution in [0.15, 0.2) is 24.3 Å². The average molecular weight is 417 g/mol. The van der Waals surface area contributed by atoms with E-state index in [0.29, 0.717) is 31.2 Å². The Morgan fingerprint density at radius 2 is 1.85 bits per heavy atom. The highest BCUT2D eigenvalue weighted by molar-refractivity contribution is 7.91. The summed E-state index contributed by atoms with van der Waals surface area (Å²) in [6, 6.07) is 6.88. The third-order valence-electron chi connectivity index (χ3n) is 6.30. The van der Waals surface area contributed by atoms with Crippen molar-refractivity contribution >= 4 is 28.2 Å². The Labute approximate surface area is 166 Å².